The lowest BCUT2D eigenvalue weighted by molar-refractivity contribution is 0.239. The molecule has 16 heavy (non-hydrogen) atoms. The van der Waals surface area contributed by atoms with E-state index in [2.05, 4.69) is 17.1 Å². The van der Waals surface area contributed by atoms with Crippen LogP contribution in [0.3, 0.4) is 0 Å². The first kappa shape index (κ1) is 10.8. The van der Waals surface area contributed by atoms with Crippen LogP contribution < -0.4 is 16.2 Å². The Bertz CT molecular complexity index is 370. The maximum absolute atomic E-state index is 5.67. The summed E-state index contributed by atoms with van der Waals surface area (Å²) in [7, 11) is 0. The van der Waals surface area contributed by atoms with Crippen molar-refractivity contribution >= 4 is 11.6 Å². The second-order valence-corrected chi connectivity index (χ2v) is 4.11. The maximum Gasteiger partial charge on any atom is 0.129 e. The molecule has 86 valence electrons. The molecule has 2 rings (SSSR count). The van der Waals surface area contributed by atoms with Crippen molar-refractivity contribution < 1.29 is 4.74 Å². The third-order valence-corrected chi connectivity index (χ3v) is 2.70. The number of allylic oxidation sites excluding steroid dienone is 2. The molecule has 4 nitrogen and oxygen atoms in total. The average molecular weight is 219 g/mol. The van der Waals surface area contributed by atoms with Gasteiger partial charge in [-0.3, -0.25) is 0 Å². The molecular formula is C12H17N3O. The summed E-state index contributed by atoms with van der Waals surface area (Å²) in [5.41, 5.74) is 11.2. The lowest BCUT2D eigenvalue weighted by Crippen LogP contribution is -2.13. The number of rotatable bonds is 3. The molecule has 0 radical (unpaired) electrons. The van der Waals surface area contributed by atoms with Crippen molar-refractivity contribution in [3.8, 4) is 5.75 Å². The van der Waals surface area contributed by atoms with Gasteiger partial charge < -0.3 is 16.2 Å². The van der Waals surface area contributed by atoms with Gasteiger partial charge in [0.25, 0.3) is 0 Å². The van der Waals surface area contributed by atoms with E-state index in [1.54, 1.807) is 12.1 Å². The molecule has 0 saturated carbocycles. The van der Waals surface area contributed by atoms with E-state index in [9.17, 15) is 0 Å². The number of ether oxygens (including phenoxy) is 1. The molecule has 4 N–H and O–H groups in total. The third-order valence-electron chi connectivity index (χ3n) is 2.70. The van der Waals surface area contributed by atoms with Crippen molar-refractivity contribution in [3.05, 3.63) is 24.3 Å². The number of pyridine rings is 1. The van der Waals surface area contributed by atoms with Crippen molar-refractivity contribution in [3.63, 3.8) is 0 Å². The molecule has 1 atom stereocenters. The number of hydrogen-bond donors (Lipinski definition) is 2. The highest BCUT2D eigenvalue weighted by molar-refractivity contribution is 5.46. The van der Waals surface area contributed by atoms with Gasteiger partial charge in [0.15, 0.2) is 0 Å². The first-order valence-corrected chi connectivity index (χ1v) is 5.55. The van der Waals surface area contributed by atoms with Gasteiger partial charge >= 0.3 is 0 Å². The number of nitrogens with two attached hydrogens (primary N) is 2. The van der Waals surface area contributed by atoms with Crippen molar-refractivity contribution in [1.82, 2.24) is 4.98 Å². The van der Waals surface area contributed by atoms with E-state index < -0.39 is 0 Å². The zero-order valence-electron chi connectivity index (χ0n) is 9.23. The predicted molar refractivity (Wildman–Crippen MR) is 65.0 cm³/mol. The molecule has 1 aromatic rings. The fraction of sp³-hybridized carbons (Fsp3) is 0.417. The minimum Gasteiger partial charge on any atom is -0.493 e. The van der Waals surface area contributed by atoms with Crippen LogP contribution in [0.5, 0.6) is 5.75 Å². The molecule has 1 heterocycles. The number of anilines is 2. The van der Waals surface area contributed by atoms with Gasteiger partial charge in [-0.05, 0) is 25.2 Å². The Kier molecular flexibility index (Phi) is 3.29. The van der Waals surface area contributed by atoms with Gasteiger partial charge in [-0.15, -0.1) is 0 Å². The summed E-state index contributed by atoms with van der Waals surface area (Å²) in [4.78, 5) is 3.89. The second-order valence-electron chi connectivity index (χ2n) is 4.11. The summed E-state index contributed by atoms with van der Waals surface area (Å²) in [5, 5.41) is 0. The van der Waals surface area contributed by atoms with E-state index >= 15 is 0 Å². The normalized spacial score (nSPS) is 19.6. The van der Waals surface area contributed by atoms with E-state index in [0.29, 0.717) is 29.9 Å². The molecule has 1 unspecified atom stereocenters. The molecule has 4 heteroatoms. The number of aromatic nitrogens is 1. The van der Waals surface area contributed by atoms with Crippen LogP contribution in [-0.2, 0) is 0 Å². The molecule has 0 fully saturated rings. The summed E-state index contributed by atoms with van der Waals surface area (Å²) in [6.07, 6.45) is 7.86. The highest BCUT2D eigenvalue weighted by atomic mass is 16.5. The minimum absolute atomic E-state index is 0.401. The number of nitrogens with zero attached hydrogens (tertiary/aromatic N) is 1. The molecule has 0 bridgehead atoms. The van der Waals surface area contributed by atoms with Crippen LogP contribution in [-0.4, -0.2) is 11.6 Å². The Hall–Kier alpha value is -1.71. The van der Waals surface area contributed by atoms with E-state index in [1.807, 2.05) is 0 Å². The van der Waals surface area contributed by atoms with Crippen LogP contribution in [0.1, 0.15) is 19.3 Å². The van der Waals surface area contributed by atoms with Crippen molar-refractivity contribution in [2.24, 2.45) is 5.92 Å². The minimum atomic E-state index is 0.401. The summed E-state index contributed by atoms with van der Waals surface area (Å²) >= 11 is 0. The van der Waals surface area contributed by atoms with E-state index in [0.717, 1.165) is 12.8 Å². The van der Waals surface area contributed by atoms with Gasteiger partial charge in [0.2, 0.25) is 0 Å². The second kappa shape index (κ2) is 4.88. The van der Waals surface area contributed by atoms with Gasteiger partial charge in [-0.2, -0.15) is 0 Å². The summed E-state index contributed by atoms with van der Waals surface area (Å²) in [6.45, 7) is 0.716. The summed E-state index contributed by atoms with van der Waals surface area (Å²) in [5.74, 6) is 2.11. The molecule has 0 spiro atoms. The van der Waals surface area contributed by atoms with Gasteiger partial charge in [-0.25, -0.2) is 4.98 Å². The fourth-order valence-corrected chi connectivity index (χ4v) is 1.85. The topological polar surface area (TPSA) is 74.2 Å². The fourth-order valence-electron chi connectivity index (χ4n) is 1.85. The molecule has 1 aliphatic carbocycles. The van der Waals surface area contributed by atoms with Crippen molar-refractivity contribution in [1.29, 1.82) is 0 Å². The zero-order chi connectivity index (χ0) is 11.4. The van der Waals surface area contributed by atoms with Crippen LogP contribution in [0.25, 0.3) is 0 Å². The summed E-state index contributed by atoms with van der Waals surface area (Å²) < 4.78 is 5.67. The Morgan fingerprint density at radius 3 is 2.62 bits per heavy atom. The number of hydrogen-bond acceptors (Lipinski definition) is 4. The molecule has 0 aliphatic heterocycles. The molecule has 0 aromatic carbocycles. The van der Waals surface area contributed by atoms with Gasteiger partial charge in [0.1, 0.15) is 17.4 Å². The van der Waals surface area contributed by atoms with Crippen LogP contribution in [0.4, 0.5) is 11.6 Å². The predicted octanol–water partition coefficient (Wildman–Crippen LogP) is 1.98. The Labute approximate surface area is 95.3 Å². The SMILES string of the molecule is Nc1cc(OCC2CC=CCC2)cc(N)n1. The molecule has 0 amide bonds. The summed E-state index contributed by atoms with van der Waals surface area (Å²) in [6, 6.07) is 3.41. The monoisotopic (exact) mass is 219 g/mol. The van der Waals surface area contributed by atoms with Crippen LogP contribution >= 0.6 is 0 Å². The largest absolute Gasteiger partial charge is 0.493 e. The highest BCUT2D eigenvalue weighted by Crippen LogP contribution is 2.22. The lowest BCUT2D eigenvalue weighted by Gasteiger charge is -2.18. The van der Waals surface area contributed by atoms with Gasteiger partial charge in [0.05, 0.1) is 6.61 Å². The van der Waals surface area contributed by atoms with E-state index in [1.165, 1.54) is 6.42 Å². The lowest BCUT2D eigenvalue weighted by atomic mass is 9.95. The van der Waals surface area contributed by atoms with Gasteiger partial charge in [0, 0.05) is 12.1 Å². The maximum atomic E-state index is 5.67. The van der Waals surface area contributed by atoms with Crippen molar-refractivity contribution in [2.45, 2.75) is 19.3 Å². The Morgan fingerprint density at radius 1 is 1.25 bits per heavy atom. The first-order valence-electron chi connectivity index (χ1n) is 5.55. The Morgan fingerprint density at radius 2 is 2.00 bits per heavy atom. The third kappa shape index (κ3) is 2.89. The standard InChI is InChI=1S/C12H17N3O/c13-11-6-10(7-12(14)15-11)16-8-9-4-2-1-3-5-9/h1-2,6-7,9H,3-5,8H2,(H4,13,14,15). The highest BCUT2D eigenvalue weighted by Gasteiger charge is 2.10. The van der Waals surface area contributed by atoms with Crippen LogP contribution in [0, 0.1) is 5.92 Å². The average Bonchev–Trinajstić information content (AvgIpc) is 2.27. The van der Waals surface area contributed by atoms with Crippen molar-refractivity contribution in [2.75, 3.05) is 18.1 Å². The van der Waals surface area contributed by atoms with Gasteiger partial charge in [-0.1, -0.05) is 12.2 Å². The quantitative estimate of drug-likeness (QED) is 0.762. The Balaban J connectivity index is 1.91. The smallest absolute Gasteiger partial charge is 0.129 e. The molecule has 1 aromatic heterocycles. The first-order chi connectivity index (χ1) is 7.74. The zero-order valence-corrected chi connectivity index (χ0v) is 9.23. The van der Waals surface area contributed by atoms with E-state index in [4.69, 9.17) is 16.2 Å². The molecule has 0 saturated heterocycles. The van der Waals surface area contributed by atoms with E-state index in [-0.39, 0.29) is 0 Å². The number of nitrogen functional groups attached to an aromatic ring is 2. The van der Waals surface area contributed by atoms with Crippen LogP contribution in [0.2, 0.25) is 0 Å². The molecular weight excluding hydrogens is 202 g/mol. The van der Waals surface area contributed by atoms with Crippen LogP contribution in [0.15, 0.2) is 24.3 Å². The molecule has 1 aliphatic rings.